The zero-order valence-electron chi connectivity index (χ0n) is 20.1. The number of hydrogen-bond acceptors (Lipinski definition) is 4. The minimum Gasteiger partial charge on any atom is -0.479 e. The molecule has 0 aliphatic carbocycles. The van der Waals surface area contributed by atoms with Gasteiger partial charge in [0.05, 0.1) is 6.61 Å². The van der Waals surface area contributed by atoms with Crippen LogP contribution in [0.2, 0.25) is 0 Å². The van der Waals surface area contributed by atoms with E-state index >= 15 is 0 Å². The van der Waals surface area contributed by atoms with E-state index in [-0.39, 0.29) is 6.61 Å². The summed E-state index contributed by atoms with van der Waals surface area (Å²) < 4.78 is 10.4. The van der Waals surface area contributed by atoms with Crippen molar-refractivity contribution in [2.45, 2.75) is 116 Å². The smallest absolute Gasteiger partial charge is 0.345 e. The second-order valence-electron chi connectivity index (χ2n) is 8.68. The van der Waals surface area contributed by atoms with E-state index < -0.39 is 18.0 Å². The number of aliphatic carboxylic acids is 1. The molecular weight excluding hydrogens is 404 g/mol. The van der Waals surface area contributed by atoms with Gasteiger partial charge in [0.1, 0.15) is 6.61 Å². The predicted octanol–water partition coefficient (Wildman–Crippen LogP) is 7.07. The minimum absolute atomic E-state index is 0.239. The van der Waals surface area contributed by atoms with Crippen molar-refractivity contribution in [1.82, 2.24) is 0 Å². The number of benzene rings is 1. The van der Waals surface area contributed by atoms with Crippen LogP contribution in [0.15, 0.2) is 30.3 Å². The lowest BCUT2D eigenvalue weighted by atomic mass is 10.0. The van der Waals surface area contributed by atoms with E-state index in [9.17, 15) is 14.7 Å². The summed E-state index contributed by atoms with van der Waals surface area (Å²) in [5.74, 6) is -1.71. The van der Waals surface area contributed by atoms with E-state index in [1.54, 1.807) is 0 Å². The Bertz CT molecular complexity index is 587. The molecule has 0 radical (unpaired) electrons. The third kappa shape index (κ3) is 15.9. The van der Waals surface area contributed by atoms with Gasteiger partial charge in [0.15, 0.2) is 6.10 Å². The molecule has 0 aromatic heterocycles. The molecule has 1 N–H and O–H groups in total. The van der Waals surface area contributed by atoms with Crippen LogP contribution in [-0.4, -0.2) is 29.8 Å². The highest BCUT2D eigenvalue weighted by atomic mass is 16.6. The van der Waals surface area contributed by atoms with Crippen molar-refractivity contribution in [3.05, 3.63) is 35.9 Å². The quantitative estimate of drug-likeness (QED) is 0.161. The van der Waals surface area contributed by atoms with Gasteiger partial charge in [-0.05, 0) is 18.4 Å². The molecule has 0 fully saturated rings. The van der Waals surface area contributed by atoms with Crippen LogP contribution in [0.3, 0.4) is 0 Å². The Balaban J connectivity index is 1.98. The summed E-state index contributed by atoms with van der Waals surface area (Å²) in [4.78, 5) is 23.3. The Morgan fingerprint density at radius 2 is 1.28 bits per heavy atom. The Morgan fingerprint density at radius 1 is 0.781 bits per heavy atom. The van der Waals surface area contributed by atoms with E-state index in [1.807, 2.05) is 30.3 Å². The largest absolute Gasteiger partial charge is 0.479 e. The Hall–Kier alpha value is -1.88. The lowest BCUT2D eigenvalue weighted by Gasteiger charge is -2.14. The third-order valence-electron chi connectivity index (χ3n) is 5.70. The molecule has 5 heteroatoms. The summed E-state index contributed by atoms with van der Waals surface area (Å²) >= 11 is 0. The first-order valence-corrected chi connectivity index (χ1v) is 12.7. The van der Waals surface area contributed by atoms with Gasteiger partial charge in [-0.25, -0.2) is 9.59 Å². The summed E-state index contributed by atoms with van der Waals surface area (Å²) in [6.45, 7) is 2.31. The molecule has 0 aliphatic rings. The Morgan fingerprint density at radius 3 is 1.78 bits per heavy atom. The van der Waals surface area contributed by atoms with Gasteiger partial charge in [-0.3, -0.25) is 0 Å². The molecule has 5 nitrogen and oxygen atoms in total. The minimum atomic E-state index is -1.09. The van der Waals surface area contributed by atoms with Gasteiger partial charge >= 0.3 is 11.9 Å². The maximum atomic E-state index is 11.9. The van der Waals surface area contributed by atoms with Gasteiger partial charge in [-0.15, -0.1) is 0 Å². The van der Waals surface area contributed by atoms with Gasteiger partial charge in [0, 0.05) is 0 Å². The molecule has 0 spiro atoms. The fourth-order valence-corrected chi connectivity index (χ4v) is 3.78. The number of carboxylic acid groups (broad SMARTS) is 1. The highest BCUT2D eigenvalue weighted by Crippen LogP contribution is 2.14. The number of carbonyl (C=O) groups is 2. The number of hydrogen-bond donors (Lipinski definition) is 1. The average Bonchev–Trinajstić information content (AvgIpc) is 2.79. The van der Waals surface area contributed by atoms with Crippen LogP contribution in [0.25, 0.3) is 0 Å². The lowest BCUT2D eigenvalue weighted by Crippen LogP contribution is -2.28. The Kier molecular flexibility index (Phi) is 17.4. The highest BCUT2D eigenvalue weighted by Gasteiger charge is 2.21. The maximum absolute atomic E-state index is 11.9. The van der Waals surface area contributed by atoms with Gasteiger partial charge in [0.2, 0.25) is 0 Å². The molecule has 0 aliphatic heterocycles. The third-order valence-corrected chi connectivity index (χ3v) is 5.70. The van der Waals surface area contributed by atoms with Crippen molar-refractivity contribution in [2.75, 3.05) is 6.61 Å². The normalized spacial score (nSPS) is 11.9. The van der Waals surface area contributed by atoms with Crippen LogP contribution in [0.5, 0.6) is 0 Å². The molecule has 1 unspecified atom stereocenters. The fraction of sp³-hybridized carbons (Fsp3) is 0.704. The average molecular weight is 449 g/mol. The fourth-order valence-electron chi connectivity index (χ4n) is 3.78. The first kappa shape index (κ1) is 28.2. The van der Waals surface area contributed by atoms with E-state index in [2.05, 4.69) is 6.92 Å². The van der Waals surface area contributed by atoms with Crippen LogP contribution >= 0.6 is 0 Å². The summed E-state index contributed by atoms with van der Waals surface area (Å²) in [5.41, 5.74) is 0.956. The van der Waals surface area contributed by atoms with Crippen molar-refractivity contribution in [1.29, 1.82) is 0 Å². The molecule has 0 amide bonds. The molecule has 0 saturated carbocycles. The number of unbranched alkanes of at least 4 members (excludes halogenated alkanes) is 13. The molecule has 1 aromatic carbocycles. The molecular formula is C27H44O5. The standard InChI is InChI=1S/C27H44O5/c1-2-3-4-5-6-7-8-9-10-11-12-13-14-18-21-25(27(29)30)32-26(28)23-31-22-24-19-16-15-17-20-24/h15-17,19-20,25H,2-14,18,21-23H2,1H3,(H,29,30). The zero-order valence-corrected chi connectivity index (χ0v) is 20.1. The summed E-state index contributed by atoms with van der Waals surface area (Å²) in [6, 6.07) is 9.51. The Labute approximate surface area is 194 Å². The van der Waals surface area contributed by atoms with Crippen molar-refractivity contribution < 1.29 is 24.2 Å². The second-order valence-corrected chi connectivity index (χ2v) is 8.68. The topological polar surface area (TPSA) is 72.8 Å². The van der Waals surface area contributed by atoms with Gasteiger partial charge in [0.25, 0.3) is 0 Å². The van der Waals surface area contributed by atoms with Crippen LogP contribution in [0.1, 0.15) is 109 Å². The summed E-state index contributed by atoms with van der Waals surface area (Å²) in [7, 11) is 0. The number of rotatable bonds is 21. The molecule has 32 heavy (non-hydrogen) atoms. The number of carbonyl (C=O) groups excluding carboxylic acids is 1. The number of ether oxygens (including phenoxy) is 2. The first-order chi connectivity index (χ1) is 15.6. The van der Waals surface area contributed by atoms with E-state index in [0.717, 1.165) is 24.8 Å². The number of esters is 1. The van der Waals surface area contributed by atoms with E-state index in [4.69, 9.17) is 9.47 Å². The molecule has 0 saturated heterocycles. The van der Waals surface area contributed by atoms with Crippen molar-refractivity contribution >= 4 is 11.9 Å². The van der Waals surface area contributed by atoms with Crippen molar-refractivity contribution in [3.8, 4) is 0 Å². The van der Waals surface area contributed by atoms with E-state index in [1.165, 1.54) is 70.6 Å². The highest BCUT2D eigenvalue weighted by molar-refractivity contribution is 5.78. The van der Waals surface area contributed by atoms with Crippen LogP contribution in [0, 0.1) is 0 Å². The second kappa shape index (κ2) is 19.8. The van der Waals surface area contributed by atoms with Gasteiger partial charge in [-0.1, -0.05) is 121 Å². The molecule has 0 heterocycles. The van der Waals surface area contributed by atoms with Crippen LogP contribution in [-0.2, 0) is 25.7 Å². The molecule has 1 atom stereocenters. The molecule has 1 rings (SSSR count). The zero-order chi connectivity index (χ0) is 23.3. The van der Waals surface area contributed by atoms with Crippen LogP contribution in [0.4, 0.5) is 0 Å². The molecule has 1 aromatic rings. The molecule has 0 bridgehead atoms. The van der Waals surface area contributed by atoms with Crippen LogP contribution < -0.4 is 0 Å². The predicted molar refractivity (Wildman–Crippen MR) is 129 cm³/mol. The maximum Gasteiger partial charge on any atom is 0.345 e. The lowest BCUT2D eigenvalue weighted by molar-refractivity contribution is -0.167. The van der Waals surface area contributed by atoms with Crippen molar-refractivity contribution in [2.24, 2.45) is 0 Å². The van der Waals surface area contributed by atoms with Crippen molar-refractivity contribution in [3.63, 3.8) is 0 Å². The summed E-state index contributed by atoms with van der Waals surface area (Å²) in [6.07, 6.45) is 16.8. The van der Waals surface area contributed by atoms with Gasteiger partial charge < -0.3 is 14.6 Å². The monoisotopic (exact) mass is 448 g/mol. The van der Waals surface area contributed by atoms with E-state index in [0.29, 0.717) is 13.0 Å². The molecule has 182 valence electrons. The van der Waals surface area contributed by atoms with Gasteiger partial charge in [-0.2, -0.15) is 0 Å². The summed E-state index contributed by atoms with van der Waals surface area (Å²) in [5, 5.41) is 9.31. The SMILES string of the molecule is CCCCCCCCCCCCCCCCC(OC(=O)COCc1ccccc1)C(=O)O. The first-order valence-electron chi connectivity index (χ1n) is 12.7. The number of carboxylic acids is 1.